The zero-order chi connectivity index (χ0) is 16.8. The predicted octanol–water partition coefficient (Wildman–Crippen LogP) is 5.25. The van der Waals surface area contributed by atoms with Gasteiger partial charge in [0.15, 0.2) is 0 Å². The number of para-hydroxylation sites is 2. The largest absolute Gasteiger partial charge is 0.399 e. The monoisotopic (exact) mass is 298 g/mol. The van der Waals surface area contributed by atoms with Crippen molar-refractivity contribution in [2.45, 2.75) is 46.5 Å². The average molecular weight is 298 g/mol. The quantitative estimate of drug-likeness (QED) is 0.706. The second kappa shape index (κ2) is 7.35. The van der Waals surface area contributed by atoms with Gasteiger partial charge in [0.25, 0.3) is 0 Å². The molecule has 1 atom stereocenters. The Balaban J connectivity index is 0.000000228. The van der Waals surface area contributed by atoms with Crippen molar-refractivity contribution >= 4 is 11.4 Å². The molecule has 0 amide bonds. The number of nitrogen functional groups attached to an aromatic ring is 2. The highest BCUT2D eigenvalue weighted by Gasteiger charge is 2.58. The molecule has 0 saturated heterocycles. The van der Waals surface area contributed by atoms with Crippen LogP contribution in [0.2, 0.25) is 0 Å². The lowest BCUT2D eigenvalue weighted by atomic mass is 9.89. The molecule has 0 radical (unpaired) electrons. The lowest BCUT2D eigenvalue weighted by Crippen LogP contribution is -2.11. The summed E-state index contributed by atoms with van der Waals surface area (Å²) in [5, 5.41) is 0. The van der Waals surface area contributed by atoms with Gasteiger partial charge in [-0.2, -0.15) is 0 Å². The number of hydrogen-bond donors (Lipinski definition) is 2. The van der Waals surface area contributed by atoms with Crippen LogP contribution in [0.5, 0.6) is 0 Å². The highest BCUT2D eigenvalue weighted by atomic mass is 14.7. The van der Waals surface area contributed by atoms with Gasteiger partial charge in [-0.15, -0.1) is 0 Å². The van der Waals surface area contributed by atoms with E-state index in [0.29, 0.717) is 10.8 Å². The first-order valence-electron chi connectivity index (χ1n) is 8.02. The van der Waals surface area contributed by atoms with Gasteiger partial charge in [-0.1, -0.05) is 71.0 Å². The Morgan fingerprint density at radius 1 is 0.773 bits per heavy atom. The van der Waals surface area contributed by atoms with E-state index in [1.165, 1.54) is 12.0 Å². The maximum absolute atomic E-state index is 5.97. The predicted molar refractivity (Wildman–Crippen MR) is 98.8 cm³/mol. The first-order chi connectivity index (χ1) is 10.4. The van der Waals surface area contributed by atoms with Gasteiger partial charge in [0.1, 0.15) is 0 Å². The minimum Gasteiger partial charge on any atom is -0.399 e. The summed E-state index contributed by atoms with van der Waals surface area (Å²) >= 11 is 0. The Bertz CT molecular complexity index is 575. The van der Waals surface area contributed by atoms with Gasteiger partial charge in [0.2, 0.25) is 0 Å². The van der Waals surface area contributed by atoms with Crippen LogP contribution in [-0.2, 0) is 5.41 Å². The minimum atomic E-state index is 0.304. The van der Waals surface area contributed by atoms with E-state index in [1.54, 1.807) is 0 Å². The lowest BCUT2D eigenvalue weighted by molar-refractivity contribution is 0.529. The van der Waals surface area contributed by atoms with Gasteiger partial charge in [0.05, 0.1) is 0 Å². The molecule has 1 fully saturated rings. The maximum atomic E-state index is 5.97. The standard InChI is InChI=1S/C12H17N.C6H7N.C2H6/c1-11(2)8-12(11,3)9-6-4-5-7-10(9)13;7-6-4-2-1-3-5-6;1-2/h4-7H,8,13H2,1-3H3;1-5H,7H2;1-2H3. The van der Waals surface area contributed by atoms with Gasteiger partial charge < -0.3 is 11.5 Å². The molecule has 2 heteroatoms. The fourth-order valence-electron chi connectivity index (χ4n) is 2.75. The van der Waals surface area contributed by atoms with Crippen LogP contribution < -0.4 is 11.5 Å². The summed E-state index contributed by atoms with van der Waals surface area (Å²) in [5.74, 6) is 0. The van der Waals surface area contributed by atoms with Crippen LogP contribution in [0.4, 0.5) is 11.4 Å². The zero-order valence-corrected chi connectivity index (χ0v) is 14.6. The summed E-state index contributed by atoms with van der Waals surface area (Å²) in [4.78, 5) is 0. The van der Waals surface area contributed by atoms with Crippen molar-refractivity contribution in [3.05, 3.63) is 60.2 Å². The molecule has 1 aliphatic carbocycles. The fraction of sp³-hybridized carbons (Fsp3) is 0.400. The van der Waals surface area contributed by atoms with Crippen LogP contribution in [0.3, 0.4) is 0 Å². The van der Waals surface area contributed by atoms with E-state index in [0.717, 1.165) is 11.4 Å². The number of hydrogen-bond acceptors (Lipinski definition) is 2. The third-order valence-corrected chi connectivity index (χ3v) is 4.52. The molecular formula is C20H30N2. The molecule has 120 valence electrons. The van der Waals surface area contributed by atoms with Crippen molar-refractivity contribution in [1.82, 2.24) is 0 Å². The number of benzene rings is 2. The van der Waals surface area contributed by atoms with Crippen LogP contribution in [0.15, 0.2) is 54.6 Å². The summed E-state index contributed by atoms with van der Waals surface area (Å²) in [7, 11) is 0. The molecule has 22 heavy (non-hydrogen) atoms. The number of rotatable bonds is 1. The third kappa shape index (κ3) is 4.03. The smallest absolute Gasteiger partial charge is 0.0352 e. The minimum absolute atomic E-state index is 0.304. The average Bonchev–Trinajstić information content (AvgIpc) is 3.02. The topological polar surface area (TPSA) is 52.0 Å². The number of nitrogens with two attached hydrogens (primary N) is 2. The van der Waals surface area contributed by atoms with Gasteiger partial charge in [-0.3, -0.25) is 0 Å². The molecule has 0 aliphatic heterocycles. The van der Waals surface area contributed by atoms with E-state index in [9.17, 15) is 0 Å². The highest BCUT2D eigenvalue weighted by Crippen LogP contribution is 2.64. The van der Waals surface area contributed by atoms with Crippen molar-refractivity contribution in [1.29, 1.82) is 0 Å². The Morgan fingerprint density at radius 2 is 1.23 bits per heavy atom. The fourth-order valence-corrected chi connectivity index (χ4v) is 2.75. The Kier molecular flexibility index (Phi) is 6.04. The first-order valence-corrected chi connectivity index (χ1v) is 8.02. The third-order valence-electron chi connectivity index (χ3n) is 4.52. The molecule has 0 bridgehead atoms. The molecule has 1 saturated carbocycles. The summed E-state index contributed by atoms with van der Waals surface area (Å²) < 4.78 is 0. The molecule has 1 aliphatic rings. The molecule has 3 rings (SSSR count). The Labute approximate surface area is 135 Å². The van der Waals surface area contributed by atoms with E-state index in [4.69, 9.17) is 11.5 Å². The normalized spacial score (nSPS) is 20.8. The molecule has 4 N–H and O–H groups in total. The van der Waals surface area contributed by atoms with Crippen molar-refractivity contribution in [2.75, 3.05) is 11.5 Å². The Hall–Kier alpha value is -1.96. The second-order valence-electron chi connectivity index (χ2n) is 6.39. The Morgan fingerprint density at radius 3 is 1.59 bits per heavy atom. The summed E-state index contributed by atoms with van der Waals surface area (Å²) in [5.41, 5.74) is 15.1. The molecule has 2 aromatic rings. The summed E-state index contributed by atoms with van der Waals surface area (Å²) in [6, 6.07) is 17.7. The van der Waals surface area contributed by atoms with Gasteiger partial charge in [-0.25, -0.2) is 0 Å². The molecule has 0 spiro atoms. The van der Waals surface area contributed by atoms with Crippen molar-refractivity contribution in [3.8, 4) is 0 Å². The van der Waals surface area contributed by atoms with Crippen LogP contribution >= 0.6 is 0 Å². The number of anilines is 2. The van der Waals surface area contributed by atoms with Crippen LogP contribution in [0, 0.1) is 5.41 Å². The highest BCUT2D eigenvalue weighted by molar-refractivity contribution is 5.54. The summed E-state index contributed by atoms with van der Waals surface area (Å²) in [6.07, 6.45) is 1.24. The van der Waals surface area contributed by atoms with Gasteiger partial charge in [-0.05, 0) is 35.6 Å². The van der Waals surface area contributed by atoms with Crippen LogP contribution in [0.25, 0.3) is 0 Å². The van der Waals surface area contributed by atoms with Crippen LogP contribution in [0.1, 0.15) is 46.6 Å². The van der Waals surface area contributed by atoms with Gasteiger partial charge in [0, 0.05) is 16.8 Å². The van der Waals surface area contributed by atoms with Crippen molar-refractivity contribution in [3.63, 3.8) is 0 Å². The van der Waals surface area contributed by atoms with Crippen LogP contribution in [-0.4, -0.2) is 0 Å². The molecule has 0 heterocycles. The van der Waals surface area contributed by atoms with Gasteiger partial charge >= 0.3 is 0 Å². The SMILES string of the molecule is CC.CC1(C)CC1(C)c1ccccc1N.Nc1ccccc1. The van der Waals surface area contributed by atoms with E-state index >= 15 is 0 Å². The van der Waals surface area contributed by atoms with E-state index < -0.39 is 0 Å². The zero-order valence-electron chi connectivity index (χ0n) is 14.6. The van der Waals surface area contributed by atoms with E-state index in [-0.39, 0.29) is 0 Å². The molecule has 2 nitrogen and oxygen atoms in total. The second-order valence-corrected chi connectivity index (χ2v) is 6.39. The first kappa shape index (κ1) is 18.1. The van der Waals surface area contributed by atoms with Crippen molar-refractivity contribution in [2.24, 2.45) is 5.41 Å². The van der Waals surface area contributed by atoms with Crippen molar-refractivity contribution < 1.29 is 0 Å². The van der Waals surface area contributed by atoms with E-state index in [1.807, 2.05) is 56.3 Å². The maximum Gasteiger partial charge on any atom is 0.0352 e. The molecular weight excluding hydrogens is 268 g/mol. The molecule has 0 aromatic heterocycles. The molecule has 2 aromatic carbocycles. The molecule has 1 unspecified atom stereocenters. The van der Waals surface area contributed by atoms with E-state index in [2.05, 4.69) is 32.9 Å². The lowest BCUT2D eigenvalue weighted by Gasteiger charge is -2.17. The summed E-state index contributed by atoms with van der Waals surface area (Å²) in [6.45, 7) is 10.9.